The Labute approximate surface area is 137 Å². The van der Waals surface area contributed by atoms with E-state index in [2.05, 4.69) is 12.0 Å². The van der Waals surface area contributed by atoms with Gasteiger partial charge in [-0.2, -0.15) is 5.10 Å². The van der Waals surface area contributed by atoms with E-state index in [4.69, 9.17) is 9.47 Å². The third kappa shape index (κ3) is 4.22. The zero-order valence-electron chi connectivity index (χ0n) is 14.7. The van der Waals surface area contributed by atoms with E-state index in [-0.39, 0.29) is 37.1 Å². The van der Waals surface area contributed by atoms with Gasteiger partial charge in [-0.25, -0.2) is 9.48 Å². The second kappa shape index (κ2) is 7.59. The summed E-state index contributed by atoms with van der Waals surface area (Å²) in [5.41, 5.74) is -0.207. The maximum absolute atomic E-state index is 12.6. The highest BCUT2D eigenvalue weighted by atomic mass is 16.5. The molecule has 1 aliphatic heterocycles. The lowest BCUT2D eigenvalue weighted by atomic mass is 10.0. The summed E-state index contributed by atoms with van der Waals surface area (Å²) >= 11 is 0. The Kier molecular flexibility index (Phi) is 6.00. The molecular weight excluding hydrogens is 298 g/mol. The van der Waals surface area contributed by atoms with Crippen LogP contribution in [0.15, 0.2) is 4.79 Å². The second-order valence-electron chi connectivity index (χ2n) is 6.88. The topological polar surface area (TPSA) is 78.5 Å². The predicted molar refractivity (Wildman–Crippen MR) is 86.4 cm³/mol. The summed E-state index contributed by atoms with van der Waals surface area (Å²) in [6, 6.07) is -0.00768. The first kappa shape index (κ1) is 18.2. The van der Waals surface area contributed by atoms with E-state index in [1.807, 2.05) is 27.7 Å². The van der Waals surface area contributed by atoms with Gasteiger partial charge in [0, 0.05) is 12.6 Å². The van der Waals surface area contributed by atoms with Crippen molar-refractivity contribution in [3.05, 3.63) is 16.3 Å². The van der Waals surface area contributed by atoms with Crippen molar-refractivity contribution in [2.45, 2.75) is 71.9 Å². The van der Waals surface area contributed by atoms with Crippen LogP contribution in [-0.2, 0) is 16.0 Å². The number of aliphatic hydroxyl groups is 1. The van der Waals surface area contributed by atoms with Crippen LogP contribution < -0.4 is 5.69 Å². The van der Waals surface area contributed by atoms with Crippen LogP contribution in [0.2, 0.25) is 0 Å². The van der Waals surface area contributed by atoms with Crippen molar-refractivity contribution in [3.8, 4) is 0 Å². The van der Waals surface area contributed by atoms with Crippen LogP contribution in [0.25, 0.3) is 0 Å². The maximum Gasteiger partial charge on any atom is 0.346 e. The third-order valence-electron chi connectivity index (χ3n) is 4.06. The summed E-state index contributed by atoms with van der Waals surface area (Å²) in [7, 11) is 0. The summed E-state index contributed by atoms with van der Waals surface area (Å²) in [5, 5.41) is 14.5. The van der Waals surface area contributed by atoms with Crippen molar-refractivity contribution in [2.75, 3.05) is 13.2 Å². The van der Waals surface area contributed by atoms with Crippen LogP contribution in [0, 0.1) is 5.92 Å². The van der Waals surface area contributed by atoms with E-state index < -0.39 is 6.10 Å². The highest BCUT2D eigenvalue weighted by molar-refractivity contribution is 4.99. The van der Waals surface area contributed by atoms with E-state index in [1.54, 1.807) is 4.57 Å². The Morgan fingerprint density at radius 1 is 1.39 bits per heavy atom. The molecule has 0 radical (unpaired) electrons. The van der Waals surface area contributed by atoms with Crippen molar-refractivity contribution in [3.63, 3.8) is 0 Å². The summed E-state index contributed by atoms with van der Waals surface area (Å²) < 4.78 is 14.2. The van der Waals surface area contributed by atoms with Gasteiger partial charge in [0.05, 0.1) is 25.4 Å². The van der Waals surface area contributed by atoms with Gasteiger partial charge in [0.1, 0.15) is 6.10 Å². The standard InChI is InChI=1S/C16H29N3O4/c1-10(2)19-15(14-12(5)6-7-22-14)17-18(16(19)21)8-13(20)9-23-11(3)4/h10-14,20H,6-9H2,1-5H3/t12-,13?,14+/m1/s1. The van der Waals surface area contributed by atoms with Crippen LogP contribution in [0.5, 0.6) is 0 Å². The molecule has 0 aromatic carbocycles. The van der Waals surface area contributed by atoms with Gasteiger partial charge in [-0.05, 0) is 40.0 Å². The van der Waals surface area contributed by atoms with Gasteiger partial charge < -0.3 is 14.6 Å². The van der Waals surface area contributed by atoms with Crippen LogP contribution in [0.4, 0.5) is 0 Å². The first-order valence-corrected chi connectivity index (χ1v) is 8.41. The molecule has 7 heteroatoms. The summed E-state index contributed by atoms with van der Waals surface area (Å²) in [6.07, 6.45) is 0.0861. The molecule has 0 bridgehead atoms. The van der Waals surface area contributed by atoms with E-state index in [0.717, 1.165) is 6.42 Å². The van der Waals surface area contributed by atoms with Crippen LogP contribution in [0.1, 0.15) is 59.0 Å². The van der Waals surface area contributed by atoms with Crippen molar-refractivity contribution >= 4 is 0 Å². The molecule has 0 aliphatic carbocycles. The second-order valence-corrected chi connectivity index (χ2v) is 6.88. The highest BCUT2D eigenvalue weighted by Gasteiger charge is 2.32. The molecule has 1 fully saturated rings. The molecule has 1 aromatic heterocycles. The molecule has 1 unspecified atom stereocenters. The van der Waals surface area contributed by atoms with Crippen molar-refractivity contribution in [2.24, 2.45) is 5.92 Å². The average Bonchev–Trinajstić information content (AvgIpc) is 3.01. The molecule has 1 aliphatic rings. The lowest BCUT2D eigenvalue weighted by molar-refractivity contribution is -0.00264. The molecule has 0 amide bonds. The van der Waals surface area contributed by atoms with Crippen molar-refractivity contribution < 1.29 is 14.6 Å². The van der Waals surface area contributed by atoms with E-state index in [0.29, 0.717) is 18.3 Å². The maximum atomic E-state index is 12.6. The third-order valence-corrected chi connectivity index (χ3v) is 4.06. The quantitative estimate of drug-likeness (QED) is 0.821. The van der Waals surface area contributed by atoms with Gasteiger partial charge in [-0.15, -0.1) is 0 Å². The highest BCUT2D eigenvalue weighted by Crippen LogP contribution is 2.33. The minimum Gasteiger partial charge on any atom is -0.389 e. The zero-order chi connectivity index (χ0) is 17.1. The first-order chi connectivity index (χ1) is 10.8. The number of ether oxygens (including phenoxy) is 2. The normalized spacial score (nSPS) is 23.1. The number of nitrogens with zero attached hydrogens (tertiary/aromatic N) is 3. The minimum absolute atomic E-state index is 0.00768. The molecule has 1 saturated heterocycles. The molecular formula is C16H29N3O4. The van der Waals surface area contributed by atoms with Crippen molar-refractivity contribution in [1.82, 2.24) is 14.3 Å². The van der Waals surface area contributed by atoms with E-state index in [9.17, 15) is 9.90 Å². The predicted octanol–water partition coefficient (Wildman–Crippen LogP) is 1.51. The lowest BCUT2D eigenvalue weighted by Gasteiger charge is -2.16. The van der Waals surface area contributed by atoms with Gasteiger partial charge >= 0.3 is 5.69 Å². The number of hydrogen-bond donors (Lipinski definition) is 1. The van der Waals surface area contributed by atoms with Gasteiger partial charge in [-0.3, -0.25) is 4.57 Å². The fraction of sp³-hybridized carbons (Fsp3) is 0.875. The Morgan fingerprint density at radius 3 is 2.61 bits per heavy atom. The number of hydrogen-bond acceptors (Lipinski definition) is 5. The van der Waals surface area contributed by atoms with Gasteiger partial charge in [0.15, 0.2) is 5.82 Å². The lowest BCUT2D eigenvalue weighted by Crippen LogP contribution is -2.32. The average molecular weight is 327 g/mol. The molecule has 3 atom stereocenters. The molecule has 1 aromatic rings. The summed E-state index contributed by atoms with van der Waals surface area (Å²) in [5.74, 6) is 0.990. The first-order valence-electron chi connectivity index (χ1n) is 8.41. The largest absolute Gasteiger partial charge is 0.389 e. The van der Waals surface area contributed by atoms with Crippen LogP contribution >= 0.6 is 0 Å². The molecule has 1 N–H and O–H groups in total. The van der Waals surface area contributed by atoms with Crippen LogP contribution in [0.3, 0.4) is 0 Å². The summed E-state index contributed by atoms with van der Waals surface area (Å²) in [6.45, 7) is 10.8. The molecule has 132 valence electrons. The fourth-order valence-electron chi connectivity index (χ4n) is 2.82. The van der Waals surface area contributed by atoms with E-state index in [1.165, 1.54) is 4.68 Å². The fourth-order valence-corrected chi connectivity index (χ4v) is 2.82. The summed E-state index contributed by atoms with van der Waals surface area (Å²) in [4.78, 5) is 12.6. The van der Waals surface area contributed by atoms with Crippen molar-refractivity contribution in [1.29, 1.82) is 0 Å². The molecule has 7 nitrogen and oxygen atoms in total. The monoisotopic (exact) mass is 327 g/mol. The Morgan fingerprint density at radius 2 is 2.09 bits per heavy atom. The number of aromatic nitrogens is 3. The van der Waals surface area contributed by atoms with Crippen LogP contribution in [-0.4, -0.2) is 44.9 Å². The molecule has 0 spiro atoms. The molecule has 0 saturated carbocycles. The Hall–Kier alpha value is -1.18. The Balaban J connectivity index is 2.22. The molecule has 2 rings (SSSR count). The number of aliphatic hydroxyl groups excluding tert-OH is 1. The van der Waals surface area contributed by atoms with Gasteiger partial charge in [0.2, 0.25) is 0 Å². The molecule has 2 heterocycles. The SMILES string of the molecule is CC(C)OCC(O)Cn1nc([C@H]2OCC[C@H]2C)n(C(C)C)c1=O. The molecule has 23 heavy (non-hydrogen) atoms. The Bertz CT molecular complexity index is 564. The van der Waals surface area contributed by atoms with E-state index >= 15 is 0 Å². The number of rotatable bonds is 7. The minimum atomic E-state index is -0.764. The smallest absolute Gasteiger partial charge is 0.346 e. The van der Waals surface area contributed by atoms with Gasteiger partial charge in [-0.1, -0.05) is 6.92 Å². The van der Waals surface area contributed by atoms with Gasteiger partial charge in [0.25, 0.3) is 0 Å². The zero-order valence-corrected chi connectivity index (χ0v) is 14.7.